The zero-order valence-corrected chi connectivity index (χ0v) is 20.4. The van der Waals surface area contributed by atoms with Gasteiger partial charge in [0, 0.05) is 11.3 Å². The summed E-state index contributed by atoms with van der Waals surface area (Å²) in [5, 5.41) is 7.32. The fourth-order valence-corrected chi connectivity index (χ4v) is 4.32. The van der Waals surface area contributed by atoms with E-state index in [-0.39, 0.29) is 12.6 Å². The van der Waals surface area contributed by atoms with Gasteiger partial charge in [0.25, 0.3) is 5.89 Å². The number of methoxy groups -OCH3 is 2. The van der Waals surface area contributed by atoms with Crippen molar-refractivity contribution in [2.75, 3.05) is 14.2 Å². The second-order valence-electron chi connectivity index (χ2n) is 8.45. The highest BCUT2D eigenvalue weighted by molar-refractivity contribution is 5.87. The highest BCUT2D eigenvalue weighted by Crippen LogP contribution is 2.40. The van der Waals surface area contributed by atoms with E-state index >= 15 is 0 Å². The monoisotopic (exact) mass is 486 g/mol. The number of nitrogens with zero attached hydrogens (tertiary/aromatic N) is 3. The number of allylic oxidation sites excluding steroid dienone is 1. The number of hydrogen-bond acceptors (Lipinski definition) is 7. The Morgan fingerprint density at radius 1 is 1.03 bits per heavy atom. The van der Waals surface area contributed by atoms with Crippen LogP contribution in [0, 0.1) is 6.92 Å². The standard InChI is InChI=1S/C27H26N4O5/c1-16-7-5-8-19(13-16)25-29-26(36-30-25)23-17(2)31(15-20-9-6-12-35-20)27(32)28-24(23)18-10-11-21(33-3)22(14-18)34-4/h5-14,24H,15H2,1-4H3,(H,28,32). The van der Waals surface area contributed by atoms with Gasteiger partial charge in [0.05, 0.1) is 38.6 Å². The van der Waals surface area contributed by atoms with E-state index < -0.39 is 6.04 Å². The number of aromatic nitrogens is 2. The molecule has 0 saturated heterocycles. The van der Waals surface area contributed by atoms with Crippen LogP contribution in [0.2, 0.25) is 0 Å². The van der Waals surface area contributed by atoms with Crippen molar-refractivity contribution in [2.24, 2.45) is 0 Å². The van der Waals surface area contributed by atoms with E-state index in [1.165, 1.54) is 0 Å². The molecule has 36 heavy (non-hydrogen) atoms. The SMILES string of the molecule is COc1ccc(C2NC(=O)N(Cc3ccco3)C(C)=C2c2nc(-c3cccc(C)c3)no2)cc1OC. The molecule has 9 nitrogen and oxygen atoms in total. The Morgan fingerprint density at radius 2 is 1.86 bits per heavy atom. The molecule has 0 saturated carbocycles. The maximum absolute atomic E-state index is 13.2. The van der Waals surface area contributed by atoms with Crippen LogP contribution in [-0.2, 0) is 6.54 Å². The molecule has 3 heterocycles. The number of rotatable bonds is 7. The van der Waals surface area contributed by atoms with Gasteiger partial charge >= 0.3 is 6.03 Å². The minimum absolute atomic E-state index is 0.256. The van der Waals surface area contributed by atoms with Crippen LogP contribution in [0.5, 0.6) is 11.5 Å². The molecule has 1 N–H and O–H groups in total. The molecule has 1 unspecified atom stereocenters. The summed E-state index contributed by atoms with van der Waals surface area (Å²) < 4.78 is 22.1. The maximum atomic E-state index is 13.2. The zero-order chi connectivity index (χ0) is 25.2. The number of nitrogens with one attached hydrogen (secondary N) is 1. The molecule has 2 aromatic carbocycles. The highest BCUT2D eigenvalue weighted by Gasteiger charge is 2.36. The number of carbonyl (C=O) groups is 1. The van der Waals surface area contributed by atoms with E-state index in [0.717, 1.165) is 16.7 Å². The van der Waals surface area contributed by atoms with E-state index in [1.54, 1.807) is 37.5 Å². The number of ether oxygens (including phenoxy) is 2. The van der Waals surface area contributed by atoms with Crippen LogP contribution in [0.25, 0.3) is 17.0 Å². The van der Waals surface area contributed by atoms with Gasteiger partial charge in [-0.3, -0.25) is 4.90 Å². The Morgan fingerprint density at radius 3 is 2.58 bits per heavy atom. The van der Waals surface area contributed by atoms with E-state index in [4.69, 9.17) is 23.4 Å². The molecule has 2 amide bonds. The topological polar surface area (TPSA) is 103 Å². The summed E-state index contributed by atoms with van der Waals surface area (Å²) in [4.78, 5) is 19.6. The zero-order valence-electron chi connectivity index (χ0n) is 20.4. The molecule has 4 aromatic rings. The van der Waals surface area contributed by atoms with Gasteiger partial charge in [-0.2, -0.15) is 4.98 Å². The summed E-state index contributed by atoms with van der Waals surface area (Å²) in [5.74, 6) is 2.57. The second-order valence-corrected chi connectivity index (χ2v) is 8.45. The summed E-state index contributed by atoms with van der Waals surface area (Å²) >= 11 is 0. The Hall–Kier alpha value is -4.53. The molecule has 1 aliphatic heterocycles. The molecular formula is C27H26N4O5. The number of amides is 2. The molecule has 0 spiro atoms. The number of benzene rings is 2. The molecular weight excluding hydrogens is 460 g/mol. The van der Waals surface area contributed by atoms with E-state index in [2.05, 4.69) is 10.5 Å². The van der Waals surface area contributed by atoms with Crippen molar-refractivity contribution in [1.29, 1.82) is 0 Å². The van der Waals surface area contributed by atoms with Crippen molar-refractivity contribution < 1.29 is 23.2 Å². The Bertz CT molecular complexity index is 1420. The first kappa shape index (κ1) is 23.2. The Balaban J connectivity index is 1.62. The van der Waals surface area contributed by atoms with Crippen LogP contribution >= 0.6 is 0 Å². The number of hydrogen-bond donors (Lipinski definition) is 1. The minimum Gasteiger partial charge on any atom is -0.493 e. The molecule has 1 atom stereocenters. The number of aryl methyl sites for hydroxylation is 1. The summed E-state index contributed by atoms with van der Waals surface area (Å²) in [6.07, 6.45) is 1.58. The van der Waals surface area contributed by atoms with Crippen LogP contribution in [0.4, 0.5) is 4.79 Å². The third-order valence-electron chi connectivity index (χ3n) is 6.16. The molecule has 0 aliphatic carbocycles. The molecule has 184 valence electrons. The summed E-state index contributed by atoms with van der Waals surface area (Å²) in [5.41, 5.74) is 4.07. The van der Waals surface area contributed by atoms with Gasteiger partial charge in [0.2, 0.25) is 5.82 Å². The van der Waals surface area contributed by atoms with E-state index in [1.807, 2.05) is 56.3 Å². The van der Waals surface area contributed by atoms with Crippen LogP contribution in [0.3, 0.4) is 0 Å². The normalized spacial score (nSPS) is 15.7. The molecule has 0 fully saturated rings. The lowest BCUT2D eigenvalue weighted by Crippen LogP contribution is -2.45. The number of carbonyl (C=O) groups excluding carboxylic acids is 1. The second kappa shape index (κ2) is 9.61. The van der Waals surface area contributed by atoms with Gasteiger partial charge in [0.15, 0.2) is 11.5 Å². The van der Waals surface area contributed by atoms with E-state index in [9.17, 15) is 4.79 Å². The summed E-state index contributed by atoms with van der Waals surface area (Å²) in [7, 11) is 3.15. The van der Waals surface area contributed by atoms with Gasteiger partial charge < -0.3 is 23.7 Å². The minimum atomic E-state index is -0.559. The van der Waals surface area contributed by atoms with Crippen LogP contribution < -0.4 is 14.8 Å². The fraction of sp³-hybridized carbons (Fsp3) is 0.222. The summed E-state index contributed by atoms with van der Waals surface area (Å²) in [6, 6.07) is 16.2. The van der Waals surface area contributed by atoms with Gasteiger partial charge in [0.1, 0.15) is 5.76 Å². The third-order valence-corrected chi connectivity index (χ3v) is 6.16. The average molecular weight is 487 g/mol. The molecule has 2 aromatic heterocycles. The van der Waals surface area contributed by atoms with Gasteiger partial charge in [-0.1, -0.05) is 35.0 Å². The van der Waals surface area contributed by atoms with Crippen molar-refractivity contribution in [3.8, 4) is 22.9 Å². The lowest BCUT2D eigenvalue weighted by atomic mass is 9.94. The lowest BCUT2D eigenvalue weighted by molar-refractivity contribution is 0.199. The predicted octanol–water partition coefficient (Wildman–Crippen LogP) is 5.35. The molecule has 0 radical (unpaired) electrons. The first-order valence-electron chi connectivity index (χ1n) is 11.4. The van der Waals surface area contributed by atoms with Gasteiger partial charge in [-0.15, -0.1) is 0 Å². The third kappa shape index (κ3) is 4.31. The van der Waals surface area contributed by atoms with Crippen molar-refractivity contribution >= 4 is 11.6 Å². The largest absolute Gasteiger partial charge is 0.493 e. The molecule has 1 aliphatic rings. The first-order valence-corrected chi connectivity index (χ1v) is 11.4. The molecule has 5 rings (SSSR count). The van der Waals surface area contributed by atoms with Crippen LogP contribution in [0.1, 0.15) is 35.7 Å². The Labute approximate surface area is 208 Å². The average Bonchev–Trinajstić information content (AvgIpc) is 3.58. The Kier molecular flexibility index (Phi) is 6.20. The quantitative estimate of drug-likeness (QED) is 0.375. The molecule has 9 heteroatoms. The van der Waals surface area contributed by atoms with Crippen molar-refractivity contribution in [1.82, 2.24) is 20.4 Å². The highest BCUT2D eigenvalue weighted by atomic mass is 16.5. The number of furan rings is 1. The van der Waals surface area contributed by atoms with Crippen molar-refractivity contribution in [3.63, 3.8) is 0 Å². The van der Waals surface area contributed by atoms with Crippen LogP contribution in [-0.4, -0.2) is 35.3 Å². The van der Waals surface area contributed by atoms with Crippen molar-refractivity contribution in [2.45, 2.75) is 26.4 Å². The lowest BCUT2D eigenvalue weighted by Gasteiger charge is -2.34. The maximum Gasteiger partial charge on any atom is 0.322 e. The van der Waals surface area contributed by atoms with Crippen molar-refractivity contribution in [3.05, 3.63) is 89.3 Å². The first-order chi connectivity index (χ1) is 17.5. The smallest absolute Gasteiger partial charge is 0.322 e. The molecule has 0 bridgehead atoms. The fourth-order valence-electron chi connectivity index (χ4n) is 4.32. The summed E-state index contributed by atoms with van der Waals surface area (Å²) in [6.45, 7) is 4.13. The van der Waals surface area contributed by atoms with Gasteiger partial charge in [-0.05, 0) is 49.7 Å². The van der Waals surface area contributed by atoms with E-state index in [0.29, 0.717) is 40.2 Å². The number of urea groups is 1. The van der Waals surface area contributed by atoms with Crippen LogP contribution in [0.15, 0.2) is 75.5 Å². The van der Waals surface area contributed by atoms with Gasteiger partial charge in [-0.25, -0.2) is 4.79 Å². The predicted molar refractivity (Wildman–Crippen MR) is 132 cm³/mol.